The van der Waals surface area contributed by atoms with Crippen LogP contribution in [0, 0.1) is 5.92 Å². The highest BCUT2D eigenvalue weighted by molar-refractivity contribution is 8.13. The average molecular weight is 305 g/mol. The Morgan fingerprint density at radius 2 is 2.05 bits per heavy atom. The number of hydrogen-bond donors (Lipinski definition) is 1. The van der Waals surface area contributed by atoms with Gasteiger partial charge in [0, 0.05) is 32.2 Å². The van der Waals surface area contributed by atoms with Crippen LogP contribution < -0.4 is 0 Å². The van der Waals surface area contributed by atoms with E-state index in [4.69, 9.17) is 14.6 Å². The minimum Gasteiger partial charge on any atom is -0.394 e. The lowest BCUT2D eigenvalue weighted by molar-refractivity contribution is -0.128. The second-order valence-electron chi connectivity index (χ2n) is 4.66. The molecule has 0 radical (unpaired) electrons. The van der Waals surface area contributed by atoms with Crippen molar-refractivity contribution in [1.29, 1.82) is 0 Å². The number of likely N-dealkylation sites (tertiary alicyclic amines) is 1. The molecule has 1 aliphatic rings. The van der Waals surface area contributed by atoms with Crippen LogP contribution in [-0.4, -0.2) is 72.9 Å². The van der Waals surface area contributed by atoms with Crippen molar-refractivity contribution in [3.63, 3.8) is 0 Å². The van der Waals surface area contributed by atoms with E-state index < -0.39 is 0 Å². The van der Waals surface area contributed by atoms with Crippen LogP contribution in [0.25, 0.3) is 0 Å². The van der Waals surface area contributed by atoms with Gasteiger partial charge < -0.3 is 19.5 Å². The van der Waals surface area contributed by atoms with Crippen molar-refractivity contribution in [2.24, 2.45) is 5.92 Å². The Hall–Kier alpha value is -0.630. The average Bonchev–Trinajstić information content (AvgIpc) is 2.76. The maximum atomic E-state index is 11.8. The fourth-order valence-electron chi connectivity index (χ4n) is 1.98. The third-order valence-electron chi connectivity index (χ3n) is 2.93. The van der Waals surface area contributed by atoms with Gasteiger partial charge in [0.25, 0.3) is 0 Å². The zero-order valence-corrected chi connectivity index (χ0v) is 12.7. The van der Waals surface area contributed by atoms with Crippen LogP contribution in [0.15, 0.2) is 0 Å². The number of carbonyl (C=O) groups excluding carboxylic acids is 2. The van der Waals surface area contributed by atoms with Crippen LogP contribution in [-0.2, 0) is 19.1 Å². The molecular formula is C13H23NO5S. The molecule has 116 valence electrons. The summed E-state index contributed by atoms with van der Waals surface area (Å²) in [7, 11) is 0. The molecule has 6 nitrogen and oxygen atoms in total. The number of aliphatic hydroxyl groups excluding tert-OH is 1. The molecule has 1 amide bonds. The van der Waals surface area contributed by atoms with E-state index in [0.29, 0.717) is 51.7 Å². The van der Waals surface area contributed by atoms with Gasteiger partial charge in [-0.05, 0) is 5.92 Å². The minimum absolute atomic E-state index is 0.0158. The first-order chi connectivity index (χ1) is 9.63. The van der Waals surface area contributed by atoms with Gasteiger partial charge in [-0.25, -0.2) is 0 Å². The summed E-state index contributed by atoms with van der Waals surface area (Å²) in [5.74, 6) is 1.12. The van der Waals surface area contributed by atoms with Gasteiger partial charge in [0.1, 0.15) is 0 Å². The summed E-state index contributed by atoms with van der Waals surface area (Å²) in [6, 6.07) is 0. The monoisotopic (exact) mass is 305 g/mol. The number of aliphatic hydroxyl groups is 1. The summed E-state index contributed by atoms with van der Waals surface area (Å²) in [5, 5.41) is 8.61. The fourth-order valence-corrected chi connectivity index (χ4v) is 2.67. The van der Waals surface area contributed by atoms with E-state index in [2.05, 4.69) is 0 Å². The van der Waals surface area contributed by atoms with Crippen LogP contribution in [0.5, 0.6) is 0 Å². The lowest BCUT2D eigenvalue weighted by Crippen LogP contribution is -2.29. The number of ether oxygens (including phenoxy) is 2. The molecule has 0 aromatic rings. The highest BCUT2D eigenvalue weighted by Gasteiger charge is 2.29. The second-order valence-corrected chi connectivity index (χ2v) is 5.86. The van der Waals surface area contributed by atoms with Crippen LogP contribution >= 0.6 is 11.8 Å². The van der Waals surface area contributed by atoms with E-state index >= 15 is 0 Å². The quantitative estimate of drug-likeness (QED) is 0.579. The molecule has 0 spiro atoms. The summed E-state index contributed by atoms with van der Waals surface area (Å²) in [5.41, 5.74) is 0. The van der Waals surface area contributed by atoms with E-state index in [1.165, 1.54) is 11.8 Å². The lowest BCUT2D eigenvalue weighted by Gasteiger charge is -2.16. The van der Waals surface area contributed by atoms with Crippen LogP contribution in [0.3, 0.4) is 0 Å². The molecular weight excluding hydrogens is 282 g/mol. The maximum absolute atomic E-state index is 11.8. The highest BCUT2D eigenvalue weighted by Crippen LogP contribution is 2.21. The van der Waals surface area contributed by atoms with E-state index in [-0.39, 0.29) is 23.5 Å². The van der Waals surface area contributed by atoms with Crippen LogP contribution in [0.1, 0.15) is 13.3 Å². The molecule has 0 aromatic carbocycles. The van der Waals surface area contributed by atoms with Crippen molar-refractivity contribution in [2.45, 2.75) is 13.3 Å². The zero-order valence-electron chi connectivity index (χ0n) is 11.9. The van der Waals surface area contributed by atoms with Gasteiger partial charge >= 0.3 is 0 Å². The lowest BCUT2D eigenvalue weighted by atomic mass is 10.1. The predicted octanol–water partition coefficient (Wildman–Crippen LogP) is 0.140. The number of hydrogen-bond acceptors (Lipinski definition) is 6. The van der Waals surface area contributed by atoms with Crippen molar-refractivity contribution >= 4 is 22.8 Å². The molecule has 1 rings (SSSR count). The third-order valence-corrected chi connectivity index (χ3v) is 3.97. The molecule has 1 heterocycles. The zero-order chi connectivity index (χ0) is 14.8. The number of amides is 1. The first-order valence-corrected chi connectivity index (χ1v) is 7.79. The summed E-state index contributed by atoms with van der Waals surface area (Å²) in [4.78, 5) is 24.4. The van der Waals surface area contributed by atoms with E-state index in [9.17, 15) is 9.59 Å². The Morgan fingerprint density at radius 3 is 2.70 bits per heavy atom. The van der Waals surface area contributed by atoms with Crippen molar-refractivity contribution in [1.82, 2.24) is 4.90 Å². The number of carbonyl (C=O) groups is 2. The van der Waals surface area contributed by atoms with Crippen molar-refractivity contribution in [2.75, 3.05) is 51.9 Å². The molecule has 1 aliphatic heterocycles. The van der Waals surface area contributed by atoms with Gasteiger partial charge in [0.15, 0.2) is 5.12 Å². The van der Waals surface area contributed by atoms with Gasteiger partial charge in [-0.15, -0.1) is 0 Å². The molecule has 1 saturated heterocycles. The molecule has 1 fully saturated rings. The normalized spacial score (nSPS) is 18.8. The number of rotatable bonds is 10. The summed E-state index contributed by atoms with van der Waals surface area (Å²) in [6.07, 6.45) is 0.528. The molecule has 20 heavy (non-hydrogen) atoms. The van der Waals surface area contributed by atoms with E-state index in [1.807, 2.05) is 0 Å². The topological polar surface area (TPSA) is 76.1 Å². The maximum Gasteiger partial charge on any atom is 0.223 e. The SMILES string of the molecule is CC(=O)SCC1CC(=O)N(CCOCCOCCO)C1. The second kappa shape index (κ2) is 10.1. The highest BCUT2D eigenvalue weighted by atomic mass is 32.2. The van der Waals surface area contributed by atoms with Gasteiger partial charge in [-0.1, -0.05) is 11.8 Å². The molecule has 1 atom stereocenters. The van der Waals surface area contributed by atoms with E-state index in [1.54, 1.807) is 11.8 Å². The smallest absolute Gasteiger partial charge is 0.223 e. The largest absolute Gasteiger partial charge is 0.394 e. The molecule has 0 aliphatic carbocycles. The molecule has 1 N–H and O–H groups in total. The standard InChI is InChI=1S/C13H23NO5S/c1-11(16)20-10-12-8-13(17)14(9-12)2-4-18-6-7-19-5-3-15/h12,15H,2-10H2,1H3. The molecule has 7 heteroatoms. The Bertz CT molecular complexity index is 313. The number of nitrogens with zero attached hydrogens (tertiary/aromatic N) is 1. The summed E-state index contributed by atoms with van der Waals surface area (Å²) in [6.45, 7) is 4.58. The van der Waals surface area contributed by atoms with Gasteiger partial charge in [-0.3, -0.25) is 9.59 Å². The first-order valence-electron chi connectivity index (χ1n) is 6.81. The minimum atomic E-state index is 0.0158. The fraction of sp³-hybridized carbons (Fsp3) is 0.846. The molecule has 0 saturated carbocycles. The van der Waals surface area contributed by atoms with Crippen LogP contribution in [0.4, 0.5) is 0 Å². The Labute approximate surface area is 123 Å². The van der Waals surface area contributed by atoms with Gasteiger partial charge in [-0.2, -0.15) is 0 Å². The first kappa shape index (κ1) is 17.4. The molecule has 1 unspecified atom stereocenters. The van der Waals surface area contributed by atoms with Crippen molar-refractivity contribution in [3.8, 4) is 0 Å². The van der Waals surface area contributed by atoms with Crippen LogP contribution in [0.2, 0.25) is 0 Å². The van der Waals surface area contributed by atoms with Crippen molar-refractivity contribution < 1.29 is 24.2 Å². The third kappa shape index (κ3) is 7.23. The van der Waals surface area contributed by atoms with E-state index in [0.717, 1.165) is 0 Å². The van der Waals surface area contributed by atoms with Gasteiger partial charge in [0.2, 0.25) is 5.91 Å². The molecule has 0 aromatic heterocycles. The van der Waals surface area contributed by atoms with Crippen molar-refractivity contribution in [3.05, 3.63) is 0 Å². The Kier molecular flexibility index (Phi) is 8.84. The predicted molar refractivity (Wildman–Crippen MR) is 76.5 cm³/mol. The summed E-state index contributed by atoms with van der Waals surface area (Å²) < 4.78 is 10.4. The Balaban J connectivity index is 2.06. The van der Waals surface area contributed by atoms with Gasteiger partial charge in [0.05, 0.1) is 33.0 Å². The molecule has 0 bridgehead atoms. The summed E-state index contributed by atoms with van der Waals surface area (Å²) >= 11 is 1.29. The number of thioether (sulfide) groups is 1. The Morgan fingerprint density at radius 1 is 1.35 bits per heavy atom.